The van der Waals surface area contributed by atoms with Gasteiger partial charge in [-0.3, -0.25) is 0 Å². The monoisotopic (exact) mass is 296 g/mol. The molecule has 0 spiro atoms. The number of para-hydroxylation sites is 1. The summed E-state index contributed by atoms with van der Waals surface area (Å²) < 4.78 is 1.09. The first-order valence-electron chi connectivity index (χ1n) is 5.09. The van der Waals surface area contributed by atoms with Gasteiger partial charge in [-0.2, -0.15) is 0 Å². The molecule has 2 nitrogen and oxygen atoms in total. The smallest absolute Gasteiger partial charge is 0.0798 e. The van der Waals surface area contributed by atoms with Crippen LogP contribution in [-0.4, -0.2) is 4.98 Å². The third-order valence-electron chi connectivity index (χ3n) is 2.42. The van der Waals surface area contributed by atoms with E-state index in [1.54, 1.807) is 11.3 Å². The van der Waals surface area contributed by atoms with Crippen LogP contribution in [0.15, 0.2) is 34.2 Å². The van der Waals surface area contributed by atoms with Gasteiger partial charge in [0, 0.05) is 15.0 Å². The van der Waals surface area contributed by atoms with E-state index >= 15 is 0 Å². The van der Waals surface area contributed by atoms with Gasteiger partial charge in [0.15, 0.2) is 0 Å². The Morgan fingerprint density at radius 2 is 2.12 bits per heavy atom. The average molecular weight is 297 g/mol. The van der Waals surface area contributed by atoms with Crippen molar-refractivity contribution in [2.24, 2.45) is 0 Å². The molecule has 0 fully saturated rings. The molecule has 0 aliphatic carbocycles. The molecule has 2 rings (SSSR count). The Hall–Kier alpha value is -0.870. The fraction of sp³-hybridized carbons (Fsp3) is 0.250. The number of aromatic nitrogens is 1. The molecular formula is C12H13BrN2S. The van der Waals surface area contributed by atoms with Crippen molar-refractivity contribution in [1.29, 1.82) is 0 Å². The predicted molar refractivity (Wildman–Crippen MR) is 73.0 cm³/mol. The van der Waals surface area contributed by atoms with E-state index in [1.165, 1.54) is 4.88 Å². The SMILES string of the molecule is Cc1ncsc1C(C)Nc1ccccc1Br. The maximum Gasteiger partial charge on any atom is 0.0798 e. The highest BCUT2D eigenvalue weighted by Gasteiger charge is 2.11. The second kappa shape index (κ2) is 4.97. The molecule has 0 radical (unpaired) electrons. The molecule has 4 heteroatoms. The van der Waals surface area contributed by atoms with E-state index in [9.17, 15) is 0 Å². The zero-order valence-corrected chi connectivity index (χ0v) is 11.6. The van der Waals surface area contributed by atoms with E-state index < -0.39 is 0 Å². The number of halogens is 1. The van der Waals surface area contributed by atoms with Crippen molar-refractivity contribution in [3.63, 3.8) is 0 Å². The van der Waals surface area contributed by atoms with Gasteiger partial charge in [-0.25, -0.2) is 4.98 Å². The number of benzene rings is 1. The van der Waals surface area contributed by atoms with Gasteiger partial charge in [-0.05, 0) is 41.9 Å². The Morgan fingerprint density at radius 3 is 2.75 bits per heavy atom. The van der Waals surface area contributed by atoms with Crippen molar-refractivity contribution in [3.05, 3.63) is 44.8 Å². The van der Waals surface area contributed by atoms with Gasteiger partial charge in [0.2, 0.25) is 0 Å². The molecule has 1 N–H and O–H groups in total. The van der Waals surface area contributed by atoms with Crippen molar-refractivity contribution in [2.45, 2.75) is 19.9 Å². The summed E-state index contributed by atoms with van der Waals surface area (Å²) in [5.41, 5.74) is 4.11. The molecule has 0 aliphatic rings. The summed E-state index contributed by atoms with van der Waals surface area (Å²) in [6.45, 7) is 4.20. The molecule has 0 aliphatic heterocycles. The Kier molecular flexibility index (Phi) is 3.61. The highest BCUT2D eigenvalue weighted by molar-refractivity contribution is 9.10. The minimum absolute atomic E-state index is 0.284. The van der Waals surface area contributed by atoms with Crippen molar-refractivity contribution in [1.82, 2.24) is 4.98 Å². The lowest BCUT2D eigenvalue weighted by Crippen LogP contribution is -2.06. The summed E-state index contributed by atoms with van der Waals surface area (Å²) in [5.74, 6) is 0. The molecule has 1 atom stereocenters. The molecule has 16 heavy (non-hydrogen) atoms. The van der Waals surface area contributed by atoms with Crippen LogP contribution in [0.5, 0.6) is 0 Å². The number of thiazole rings is 1. The van der Waals surface area contributed by atoms with Crippen molar-refractivity contribution in [3.8, 4) is 0 Å². The summed E-state index contributed by atoms with van der Waals surface area (Å²) >= 11 is 5.23. The van der Waals surface area contributed by atoms with Crippen LogP contribution in [0.3, 0.4) is 0 Å². The van der Waals surface area contributed by atoms with Crippen molar-refractivity contribution in [2.75, 3.05) is 5.32 Å². The van der Waals surface area contributed by atoms with Crippen molar-refractivity contribution < 1.29 is 0 Å². The molecule has 0 amide bonds. The normalized spacial score (nSPS) is 12.4. The summed E-state index contributed by atoms with van der Waals surface area (Å²) in [4.78, 5) is 5.56. The maximum atomic E-state index is 4.27. The van der Waals surface area contributed by atoms with E-state index in [2.05, 4.69) is 39.2 Å². The molecule has 1 aromatic heterocycles. The minimum atomic E-state index is 0.284. The lowest BCUT2D eigenvalue weighted by molar-refractivity contribution is 0.889. The highest BCUT2D eigenvalue weighted by Crippen LogP contribution is 2.28. The van der Waals surface area contributed by atoms with Crippen LogP contribution in [0.25, 0.3) is 0 Å². The van der Waals surface area contributed by atoms with Crippen LogP contribution in [0.2, 0.25) is 0 Å². The van der Waals surface area contributed by atoms with Crippen LogP contribution >= 0.6 is 27.3 Å². The van der Waals surface area contributed by atoms with E-state index in [0.717, 1.165) is 15.9 Å². The predicted octanol–water partition coefficient (Wildman–Crippen LogP) is 4.39. The number of aryl methyl sites for hydroxylation is 1. The molecule has 0 saturated carbocycles. The van der Waals surface area contributed by atoms with Crippen LogP contribution in [-0.2, 0) is 0 Å². The van der Waals surface area contributed by atoms with Crippen molar-refractivity contribution >= 4 is 33.0 Å². The Morgan fingerprint density at radius 1 is 1.38 bits per heavy atom. The van der Waals surface area contributed by atoms with E-state index in [-0.39, 0.29) is 6.04 Å². The molecule has 0 saturated heterocycles. The molecule has 0 bridgehead atoms. The summed E-state index contributed by atoms with van der Waals surface area (Å²) in [7, 11) is 0. The van der Waals surface area contributed by atoms with E-state index in [4.69, 9.17) is 0 Å². The number of nitrogens with one attached hydrogen (secondary N) is 1. The van der Waals surface area contributed by atoms with Crippen LogP contribution in [0.1, 0.15) is 23.5 Å². The fourth-order valence-corrected chi connectivity index (χ4v) is 2.81. The molecule has 2 aromatic rings. The summed E-state index contributed by atoms with van der Waals surface area (Å²) in [5, 5.41) is 3.48. The molecule has 1 unspecified atom stereocenters. The standard InChI is InChI=1S/C12H13BrN2S/c1-8-12(16-7-14-8)9(2)15-11-6-4-3-5-10(11)13/h3-7,9,15H,1-2H3. The van der Waals surface area contributed by atoms with Gasteiger partial charge in [0.25, 0.3) is 0 Å². The average Bonchev–Trinajstić information content (AvgIpc) is 2.68. The zero-order valence-electron chi connectivity index (χ0n) is 9.20. The quantitative estimate of drug-likeness (QED) is 0.909. The Labute approximate surface area is 108 Å². The zero-order chi connectivity index (χ0) is 11.5. The van der Waals surface area contributed by atoms with Gasteiger partial charge in [-0.15, -0.1) is 11.3 Å². The van der Waals surface area contributed by atoms with Gasteiger partial charge in [0.1, 0.15) is 0 Å². The van der Waals surface area contributed by atoms with E-state index in [1.807, 2.05) is 30.6 Å². The van der Waals surface area contributed by atoms with E-state index in [0.29, 0.717) is 0 Å². The van der Waals surface area contributed by atoms with Crippen LogP contribution in [0.4, 0.5) is 5.69 Å². The first kappa shape index (κ1) is 11.6. The maximum absolute atomic E-state index is 4.27. The molecule has 1 heterocycles. The van der Waals surface area contributed by atoms with Gasteiger partial charge >= 0.3 is 0 Å². The number of nitrogens with zero attached hydrogens (tertiary/aromatic N) is 1. The second-order valence-corrected chi connectivity index (χ2v) is 5.39. The number of rotatable bonds is 3. The van der Waals surface area contributed by atoms with Crippen LogP contribution in [0, 0.1) is 6.92 Å². The highest BCUT2D eigenvalue weighted by atomic mass is 79.9. The number of anilines is 1. The third kappa shape index (κ3) is 2.44. The topological polar surface area (TPSA) is 24.9 Å². The third-order valence-corrected chi connectivity index (χ3v) is 4.23. The lowest BCUT2D eigenvalue weighted by atomic mass is 10.2. The molecular weight excluding hydrogens is 284 g/mol. The summed E-state index contributed by atoms with van der Waals surface area (Å²) in [6, 6.07) is 8.43. The Bertz CT molecular complexity index is 481. The number of hydrogen-bond donors (Lipinski definition) is 1. The minimum Gasteiger partial charge on any atom is -0.377 e. The number of hydrogen-bond acceptors (Lipinski definition) is 3. The second-order valence-electron chi connectivity index (χ2n) is 3.65. The Balaban J connectivity index is 2.17. The first-order chi connectivity index (χ1) is 7.68. The van der Waals surface area contributed by atoms with Crippen LogP contribution < -0.4 is 5.32 Å². The van der Waals surface area contributed by atoms with Gasteiger partial charge in [-0.1, -0.05) is 12.1 Å². The molecule has 1 aromatic carbocycles. The fourth-order valence-electron chi connectivity index (χ4n) is 1.60. The van der Waals surface area contributed by atoms with Gasteiger partial charge < -0.3 is 5.32 Å². The van der Waals surface area contributed by atoms with Gasteiger partial charge in [0.05, 0.1) is 17.2 Å². The lowest BCUT2D eigenvalue weighted by Gasteiger charge is -2.15. The molecule has 84 valence electrons. The summed E-state index contributed by atoms with van der Waals surface area (Å²) in [6.07, 6.45) is 0. The first-order valence-corrected chi connectivity index (χ1v) is 6.77. The largest absolute Gasteiger partial charge is 0.377 e.